The van der Waals surface area contributed by atoms with Crippen molar-refractivity contribution < 1.29 is 9.90 Å². The smallest absolute Gasteiger partial charge is 0.331 e. The zero-order valence-electron chi connectivity index (χ0n) is 7.00. The zero-order chi connectivity index (χ0) is 8.85. The quantitative estimate of drug-likeness (QED) is 0.498. The van der Waals surface area contributed by atoms with Crippen LogP contribution in [0.25, 0.3) is 0 Å². The van der Waals surface area contributed by atoms with Crippen LogP contribution in [0.3, 0.4) is 0 Å². The van der Waals surface area contributed by atoms with Gasteiger partial charge in [-0.3, -0.25) is 0 Å². The molecule has 0 aliphatic heterocycles. The van der Waals surface area contributed by atoms with Crippen molar-refractivity contribution in [2.75, 3.05) is 0 Å². The van der Waals surface area contributed by atoms with Gasteiger partial charge in [-0.05, 0) is 6.42 Å². The maximum absolute atomic E-state index is 10.4. The molecule has 62 valence electrons. The Morgan fingerprint density at radius 1 is 1.73 bits per heavy atom. The molecule has 11 heavy (non-hydrogen) atoms. The number of allylic oxidation sites excluding steroid dienone is 2. The third-order valence-electron chi connectivity index (χ3n) is 1.48. The van der Waals surface area contributed by atoms with E-state index in [1.807, 2.05) is 26.0 Å². The van der Waals surface area contributed by atoms with E-state index in [1.54, 1.807) is 0 Å². The van der Waals surface area contributed by atoms with Crippen LogP contribution in [0.15, 0.2) is 24.3 Å². The van der Waals surface area contributed by atoms with Crippen LogP contribution < -0.4 is 0 Å². The second-order valence-electron chi connectivity index (χ2n) is 2.46. The lowest BCUT2D eigenvalue weighted by Crippen LogP contribution is -2.05. The summed E-state index contributed by atoms with van der Waals surface area (Å²) in [5.41, 5.74) is 0.245. The highest BCUT2D eigenvalue weighted by Crippen LogP contribution is 2.09. The highest BCUT2D eigenvalue weighted by molar-refractivity contribution is 5.86. The van der Waals surface area contributed by atoms with Crippen LogP contribution >= 0.6 is 0 Å². The fourth-order valence-corrected chi connectivity index (χ4v) is 0.651. The molecular formula is C9H14O2. The van der Waals surface area contributed by atoms with Gasteiger partial charge in [-0.2, -0.15) is 0 Å². The van der Waals surface area contributed by atoms with Gasteiger partial charge in [-0.25, -0.2) is 4.79 Å². The van der Waals surface area contributed by atoms with Crippen LogP contribution in [-0.2, 0) is 4.79 Å². The minimum atomic E-state index is -0.918. The van der Waals surface area contributed by atoms with Crippen molar-refractivity contribution in [3.8, 4) is 0 Å². The molecule has 0 radical (unpaired) electrons. The molecule has 0 heterocycles. The van der Waals surface area contributed by atoms with Crippen LogP contribution in [0.5, 0.6) is 0 Å². The maximum atomic E-state index is 10.4. The molecular weight excluding hydrogens is 140 g/mol. The molecule has 0 bridgehead atoms. The SMILES string of the molecule is C=C(C(=O)O)C(C)C=CCC. The lowest BCUT2D eigenvalue weighted by molar-refractivity contribution is -0.133. The first kappa shape index (κ1) is 9.95. The van der Waals surface area contributed by atoms with Crippen LogP contribution in [0, 0.1) is 5.92 Å². The summed E-state index contributed by atoms with van der Waals surface area (Å²) in [6, 6.07) is 0. The molecule has 0 aliphatic rings. The van der Waals surface area contributed by atoms with Crippen molar-refractivity contribution in [1.82, 2.24) is 0 Å². The Labute approximate surface area is 67.2 Å². The third-order valence-corrected chi connectivity index (χ3v) is 1.48. The summed E-state index contributed by atoms with van der Waals surface area (Å²) in [5.74, 6) is -0.981. The van der Waals surface area contributed by atoms with Gasteiger partial charge >= 0.3 is 5.97 Å². The van der Waals surface area contributed by atoms with Crippen LogP contribution in [0.4, 0.5) is 0 Å². The predicted octanol–water partition coefficient (Wildman–Crippen LogP) is 2.23. The molecule has 0 aliphatic carbocycles. The normalized spacial score (nSPS) is 13.3. The number of rotatable bonds is 4. The minimum Gasteiger partial charge on any atom is -0.478 e. The fraction of sp³-hybridized carbons (Fsp3) is 0.444. The highest BCUT2D eigenvalue weighted by Gasteiger charge is 2.09. The van der Waals surface area contributed by atoms with Crippen molar-refractivity contribution in [2.24, 2.45) is 5.92 Å². The van der Waals surface area contributed by atoms with E-state index in [2.05, 4.69) is 6.58 Å². The van der Waals surface area contributed by atoms with Gasteiger partial charge in [0.15, 0.2) is 0 Å². The van der Waals surface area contributed by atoms with E-state index in [4.69, 9.17) is 5.11 Å². The van der Waals surface area contributed by atoms with E-state index in [1.165, 1.54) is 0 Å². The zero-order valence-corrected chi connectivity index (χ0v) is 7.00. The summed E-state index contributed by atoms with van der Waals surface area (Å²) in [5, 5.41) is 8.52. The van der Waals surface area contributed by atoms with Gasteiger partial charge < -0.3 is 5.11 Å². The van der Waals surface area contributed by atoms with Crippen LogP contribution in [0.1, 0.15) is 20.3 Å². The van der Waals surface area contributed by atoms with Gasteiger partial charge in [0.1, 0.15) is 0 Å². The standard InChI is InChI=1S/C9H14O2/c1-4-5-6-7(2)8(3)9(10)11/h5-7H,3-4H2,1-2H3,(H,10,11). The second-order valence-corrected chi connectivity index (χ2v) is 2.46. The van der Waals surface area contributed by atoms with E-state index in [0.717, 1.165) is 6.42 Å². The van der Waals surface area contributed by atoms with E-state index >= 15 is 0 Å². The van der Waals surface area contributed by atoms with Crippen LogP contribution in [-0.4, -0.2) is 11.1 Å². The summed E-state index contributed by atoms with van der Waals surface area (Å²) in [4.78, 5) is 10.4. The average Bonchev–Trinajstić information content (AvgIpc) is 1.98. The average molecular weight is 154 g/mol. The molecule has 0 amide bonds. The van der Waals surface area contributed by atoms with Gasteiger partial charge in [-0.1, -0.05) is 32.6 Å². The van der Waals surface area contributed by atoms with Crippen molar-refractivity contribution in [3.05, 3.63) is 24.3 Å². The molecule has 2 heteroatoms. The summed E-state index contributed by atoms with van der Waals surface area (Å²) >= 11 is 0. The van der Waals surface area contributed by atoms with E-state index in [-0.39, 0.29) is 11.5 Å². The summed E-state index contributed by atoms with van der Waals surface area (Å²) in [6.45, 7) is 7.28. The topological polar surface area (TPSA) is 37.3 Å². The predicted molar refractivity (Wildman–Crippen MR) is 45.4 cm³/mol. The molecule has 0 aromatic rings. The number of carboxylic acids is 1. The molecule has 2 nitrogen and oxygen atoms in total. The molecule has 1 unspecified atom stereocenters. The molecule has 0 spiro atoms. The molecule has 1 N–H and O–H groups in total. The Kier molecular flexibility index (Phi) is 4.27. The molecule has 0 aromatic heterocycles. The van der Waals surface area contributed by atoms with E-state index in [9.17, 15) is 4.79 Å². The molecule has 0 aromatic carbocycles. The van der Waals surface area contributed by atoms with Gasteiger partial charge in [0.25, 0.3) is 0 Å². The molecule has 0 saturated carbocycles. The largest absolute Gasteiger partial charge is 0.478 e. The second kappa shape index (κ2) is 4.72. The van der Waals surface area contributed by atoms with Gasteiger partial charge in [0, 0.05) is 11.5 Å². The Bertz CT molecular complexity index is 180. The summed E-state index contributed by atoms with van der Waals surface area (Å²) < 4.78 is 0. The summed E-state index contributed by atoms with van der Waals surface area (Å²) in [7, 11) is 0. The Morgan fingerprint density at radius 2 is 2.27 bits per heavy atom. The molecule has 1 atom stereocenters. The fourth-order valence-electron chi connectivity index (χ4n) is 0.651. The first-order valence-corrected chi connectivity index (χ1v) is 3.68. The molecule has 0 fully saturated rings. The van der Waals surface area contributed by atoms with Gasteiger partial charge in [-0.15, -0.1) is 0 Å². The van der Waals surface area contributed by atoms with Crippen molar-refractivity contribution >= 4 is 5.97 Å². The Hall–Kier alpha value is -1.05. The Balaban J connectivity index is 4.03. The number of hydrogen-bond donors (Lipinski definition) is 1. The van der Waals surface area contributed by atoms with Crippen LogP contribution in [0.2, 0.25) is 0 Å². The van der Waals surface area contributed by atoms with Crippen molar-refractivity contribution in [2.45, 2.75) is 20.3 Å². The number of hydrogen-bond acceptors (Lipinski definition) is 1. The Morgan fingerprint density at radius 3 is 2.64 bits per heavy atom. The molecule has 0 saturated heterocycles. The van der Waals surface area contributed by atoms with E-state index < -0.39 is 5.97 Å². The minimum absolute atomic E-state index is 0.0625. The summed E-state index contributed by atoms with van der Waals surface area (Å²) in [6.07, 6.45) is 4.73. The lowest BCUT2D eigenvalue weighted by atomic mass is 10.0. The number of carboxylic acid groups (broad SMARTS) is 1. The van der Waals surface area contributed by atoms with Crippen molar-refractivity contribution in [1.29, 1.82) is 0 Å². The first-order valence-electron chi connectivity index (χ1n) is 3.68. The monoisotopic (exact) mass is 154 g/mol. The van der Waals surface area contributed by atoms with Gasteiger partial charge in [0.2, 0.25) is 0 Å². The van der Waals surface area contributed by atoms with E-state index in [0.29, 0.717) is 0 Å². The third kappa shape index (κ3) is 3.61. The first-order chi connectivity index (χ1) is 5.09. The maximum Gasteiger partial charge on any atom is 0.331 e. The van der Waals surface area contributed by atoms with Gasteiger partial charge in [0.05, 0.1) is 0 Å². The number of carbonyl (C=O) groups is 1. The number of aliphatic carboxylic acids is 1. The highest BCUT2D eigenvalue weighted by atomic mass is 16.4. The lowest BCUT2D eigenvalue weighted by Gasteiger charge is -2.03. The molecule has 0 rings (SSSR count). The van der Waals surface area contributed by atoms with Crippen molar-refractivity contribution in [3.63, 3.8) is 0 Å².